The number of rotatable bonds is 4. The first-order valence-corrected chi connectivity index (χ1v) is 9.43. The van der Waals surface area contributed by atoms with Crippen LogP contribution in [0.25, 0.3) is 10.8 Å². The van der Waals surface area contributed by atoms with Crippen molar-refractivity contribution in [1.82, 2.24) is 15.1 Å². The van der Waals surface area contributed by atoms with Gasteiger partial charge in [0.25, 0.3) is 11.5 Å². The summed E-state index contributed by atoms with van der Waals surface area (Å²) in [6.07, 6.45) is 0. The first-order valence-electron chi connectivity index (χ1n) is 9.43. The van der Waals surface area contributed by atoms with Gasteiger partial charge in [0.15, 0.2) is 5.69 Å². The highest BCUT2D eigenvalue weighted by Gasteiger charge is 2.21. The summed E-state index contributed by atoms with van der Waals surface area (Å²) in [6, 6.07) is 24.6. The summed E-state index contributed by atoms with van der Waals surface area (Å²) in [6.45, 7) is 2.03. The van der Waals surface area contributed by atoms with E-state index in [9.17, 15) is 9.59 Å². The zero-order valence-corrected chi connectivity index (χ0v) is 16.3. The fraction of sp³-hybridized carbons (Fsp3) is 0.125. The SMILES string of the molecule is Cc1ccc(C(NC(=O)c2nn(C)c(=O)c3ccccc23)c2ccccc2)cc1. The molecular formula is C24H21N3O2. The second kappa shape index (κ2) is 7.72. The van der Waals surface area contributed by atoms with Gasteiger partial charge in [0.05, 0.1) is 11.4 Å². The van der Waals surface area contributed by atoms with Crippen LogP contribution in [0.15, 0.2) is 83.7 Å². The molecule has 1 atom stereocenters. The molecule has 1 unspecified atom stereocenters. The lowest BCUT2D eigenvalue weighted by Gasteiger charge is -2.20. The van der Waals surface area contributed by atoms with Crippen LogP contribution in [0.5, 0.6) is 0 Å². The summed E-state index contributed by atoms with van der Waals surface area (Å²) in [7, 11) is 1.56. The second-order valence-corrected chi connectivity index (χ2v) is 7.05. The Kier molecular flexibility index (Phi) is 4.96. The lowest BCUT2D eigenvalue weighted by Crippen LogP contribution is -2.32. The van der Waals surface area contributed by atoms with Crippen LogP contribution in [0.3, 0.4) is 0 Å². The minimum Gasteiger partial charge on any atom is -0.340 e. The molecule has 3 aromatic carbocycles. The molecule has 0 aliphatic heterocycles. The van der Waals surface area contributed by atoms with Crippen molar-refractivity contribution < 1.29 is 4.79 Å². The average molecular weight is 383 g/mol. The molecule has 0 saturated heterocycles. The van der Waals surface area contributed by atoms with Crippen molar-refractivity contribution in [2.75, 3.05) is 0 Å². The third-order valence-electron chi connectivity index (χ3n) is 4.99. The number of fused-ring (bicyclic) bond motifs is 1. The molecule has 1 N–H and O–H groups in total. The maximum atomic E-state index is 13.3. The van der Waals surface area contributed by atoms with Crippen molar-refractivity contribution in [1.29, 1.82) is 0 Å². The van der Waals surface area contributed by atoms with Gasteiger partial charge in [0, 0.05) is 12.4 Å². The molecule has 0 saturated carbocycles. The average Bonchev–Trinajstić information content (AvgIpc) is 2.76. The van der Waals surface area contributed by atoms with E-state index >= 15 is 0 Å². The van der Waals surface area contributed by atoms with Crippen LogP contribution < -0.4 is 10.9 Å². The molecule has 0 bridgehead atoms. The van der Waals surface area contributed by atoms with E-state index in [1.54, 1.807) is 31.3 Å². The van der Waals surface area contributed by atoms with E-state index in [1.807, 2.05) is 61.5 Å². The highest BCUT2D eigenvalue weighted by Crippen LogP contribution is 2.23. The fourth-order valence-corrected chi connectivity index (χ4v) is 3.43. The van der Waals surface area contributed by atoms with E-state index in [0.717, 1.165) is 16.7 Å². The highest BCUT2D eigenvalue weighted by molar-refractivity contribution is 6.05. The number of carbonyl (C=O) groups is 1. The Hall–Kier alpha value is -3.73. The molecule has 0 radical (unpaired) electrons. The van der Waals surface area contributed by atoms with Gasteiger partial charge >= 0.3 is 0 Å². The molecule has 1 aromatic heterocycles. The second-order valence-electron chi connectivity index (χ2n) is 7.05. The minimum absolute atomic E-state index is 0.227. The van der Waals surface area contributed by atoms with E-state index in [1.165, 1.54) is 4.68 Å². The van der Waals surface area contributed by atoms with Gasteiger partial charge in [0.2, 0.25) is 0 Å². The summed E-state index contributed by atoms with van der Waals surface area (Å²) >= 11 is 0. The van der Waals surface area contributed by atoms with Gasteiger partial charge in [0.1, 0.15) is 0 Å². The normalized spacial score (nSPS) is 11.9. The van der Waals surface area contributed by atoms with E-state index in [0.29, 0.717) is 10.8 Å². The van der Waals surface area contributed by atoms with Gasteiger partial charge in [-0.2, -0.15) is 5.10 Å². The van der Waals surface area contributed by atoms with Crippen molar-refractivity contribution in [3.63, 3.8) is 0 Å². The van der Waals surface area contributed by atoms with E-state index in [-0.39, 0.29) is 23.2 Å². The van der Waals surface area contributed by atoms with E-state index in [4.69, 9.17) is 0 Å². The number of nitrogens with one attached hydrogen (secondary N) is 1. The molecule has 0 aliphatic carbocycles. The van der Waals surface area contributed by atoms with Gasteiger partial charge in [-0.3, -0.25) is 9.59 Å². The van der Waals surface area contributed by atoms with Crippen molar-refractivity contribution in [2.45, 2.75) is 13.0 Å². The van der Waals surface area contributed by atoms with Gasteiger partial charge < -0.3 is 5.32 Å². The quantitative estimate of drug-likeness (QED) is 0.584. The summed E-state index contributed by atoms with van der Waals surface area (Å²) in [5, 5.41) is 8.37. The Morgan fingerprint density at radius 3 is 2.14 bits per heavy atom. The Bertz CT molecular complexity index is 1230. The van der Waals surface area contributed by atoms with Gasteiger partial charge in [-0.05, 0) is 24.1 Å². The Morgan fingerprint density at radius 1 is 0.862 bits per heavy atom. The van der Waals surface area contributed by atoms with Crippen LogP contribution in [0.1, 0.15) is 33.2 Å². The van der Waals surface area contributed by atoms with Crippen molar-refractivity contribution in [3.05, 3.63) is 112 Å². The summed E-state index contributed by atoms with van der Waals surface area (Å²) in [5.41, 5.74) is 3.10. The number of aryl methyl sites for hydroxylation is 2. The predicted molar refractivity (Wildman–Crippen MR) is 114 cm³/mol. The lowest BCUT2D eigenvalue weighted by atomic mass is 9.97. The molecule has 1 amide bonds. The third kappa shape index (κ3) is 3.67. The van der Waals surface area contributed by atoms with Crippen molar-refractivity contribution >= 4 is 16.7 Å². The summed E-state index contributed by atoms with van der Waals surface area (Å²) in [5.74, 6) is -0.328. The Labute approximate surface area is 168 Å². The molecule has 5 heteroatoms. The van der Waals surface area contributed by atoms with E-state index < -0.39 is 0 Å². The standard InChI is InChI=1S/C24H21N3O2/c1-16-12-14-18(15-13-16)21(17-8-4-3-5-9-17)25-23(28)22-19-10-6-7-11-20(19)24(29)27(2)26-22/h3-15,21H,1-2H3,(H,25,28). The molecule has 1 heterocycles. The Morgan fingerprint density at radius 2 is 1.45 bits per heavy atom. The van der Waals surface area contributed by atoms with E-state index in [2.05, 4.69) is 10.4 Å². The van der Waals surface area contributed by atoms with Crippen LogP contribution in [0.2, 0.25) is 0 Å². The van der Waals surface area contributed by atoms with Crippen LogP contribution in [0.4, 0.5) is 0 Å². The van der Waals surface area contributed by atoms with Crippen molar-refractivity contribution in [2.24, 2.45) is 7.05 Å². The number of benzene rings is 3. The number of aromatic nitrogens is 2. The van der Waals surface area contributed by atoms with Gasteiger partial charge in [-0.1, -0.05) is 78.4 Å². The third-order valence-corrected chi connectivity index (χ3v) is 4.99. The van der Waals surface area contributed by atoms with Crippen LogP contribution in [-0.2, 0) is 7.05 Å². The number of nitrogens with zero attached hydrogens (tertiary/aromatic N) is 2. The zero-order valence-electron chi connectivity index (χ0n) is 16.3. The van der Waals surface area contributed by atoms with Crippen LogP contribution in [0, 0.1) is 6.92 Å². The molecule has 0 aliphatic rings. The Balaban J connectivity index is 1.78. The molecule has 4 aromatic rings. The number of hydrogen-bond donors (Lipinski definition) is 1. The molecule has 5 nitrogen and oxygen atoms in total. The number of hydrogen-bond acceptors (Lipinski definition) is 3. The number of carbonyl (C=O) groups excluding carboxylic acids is 1. The molecule has 144 valence electrons. The largest absolute Gasteiger partial charge is 0.340 e. The smallest absolute Gasteiger partial charge is 0.274 e. The van der Waals surface area contributed by atoms with Crippen LogP contribution >= 0.6 is 0 Å². The maximum Gasteiger partial charge on any atom is 0.274 e. The molecular weight excluding hydrogens is 362 g/mol. The summed E-state index contributed by atoms with van der Waals surface area (Å²) < 4.78 is 1.21. The monoisotopic (exact) mass is 383 g/mol. The molecule has 0 spiro atoms. The van der Waals surface area contributed by atoms with Crippen molar-refractivity contribution in [3.8, 4) is 0 Å². The lowest BCUT2D eigenvalue weighted by molar-refractivity contribution is 0.0937. The van der Waals surface area contributed by atoms with Gasteiger partial charge in [-0.25, -0.2) is 4.68 Å². The fourth-order valence-electron chi connectivity index (χ4n) is 3.43. The zero-order chi connectivity index (χ0) is 20.4. The first-order chi connectivity index (χ1) is 14.0. The van der Waals surface area contributed by atoms with Gasteiger partial charge in [-0.15, -0.1) is 0 Å². The minimum atomic E-state index is -0.331. The summed E-state index contributed by atoms with van der Waals surface area (Å²) in [4.78, 5) is 25.6. The topological polar surface area (TPSA) is 64.0 Å². The molecule has 0 fully saturated rings. The predicted octanol–water partition coefficient (Wildman–Crippen LogP) is 3.76. The number of amides is 1. The highest BCUT2D eigenvalue weighted by atomic mass is 16.2. The molecule has 29 heavy (non-hydrogen) atoms. The van der Waals surface area contributed by atoms with Crippen LogP contribution in [-0.4, -0.2) is 15.7 Å². The first kappa shape index (κ1) is 18.6. The maximum absolute atomic E-state index is 13.3. The molecule has 4 rings (SSSR count).